The van der Waals surface area contributed by atoms with Gasteiger partial charge in [0.1, 0.15) is 24.8 Å². The van der Waals surface area contributed by atoms with E-state index >= 15 is 0 Å². The molecule has 7 nitrogen and oxygen atoms in total. The quantitative estimate of drug-likeness (QED) is 0.477. The molecule has 0 radical (unpaired) electrons. The number of aryl methyl sites for hydroxylation is 2. The van der Waals surface area contributed by atoms with E-state index in [1.807, 2.05) is 0 Å². The summed E-state index contributed by atoms with van der Waals surface area (Å²) in [6.45, 7) is 5.14. The predicted octanol–water partition coefficient (Wildman–Crippen LogP) is 3.12. The third kappa shape index (κ3) is 3.53. The number of ether oxygens (including phenoxy) is 1. The van der Waals surface area contributed by atoms with E-state index < -0.39 is 23.1 Å². The van der Waals surface area contributed by atoms with Crippen molar-refractivity contribution in [1.82, 2.24) is 24.5 Å². The lowest BCUT2D eigenvalue weighted by Crippen LogP contribution is -2.16. The summed E-state index contributed by atoms with van der Waals surface area (Å²) >= 11 is 0. The molecule has 10 heteroatoms. The number of ketones is 1. The highest BCUT2D eigenvalue weighted by Gasteiger charge is 2.37. The smallest absolute Gasteiger partial charge is 0.417 e. The minimum atomic E-state index is -4.75. The van der Waals surface area contributed by atoms with Crippen LogP contribution in [-0.2, 0) is 13.2 Å². The van der Waals surface area contributed by atoms with Crippen LogP contribution in [0.4, 0.5) is 13.2 Å². The van der Waals surface area contributed by atoms with Gasteiger partial charge in [-0.3, -0.25) is 4.79 Å². The van der Waals surface area contributed by atoms with E-state index in [9.17, 15) is 18.0 Å². The zero-order valence-corrected chi connectivity index (χ0v) is 15.1. The molecule has 0 saturated heterocycles. The van der Waals surface area contributed by atoms with E-state index in [1.165, 1.54) is 41.1 Å². The highest BCUT2D eigenvalue weighted by atomic mass is 19.4. The van der Waals surface area contributed by atoms with Crippen molar-refractivity contribution in [2.75, 3.05) is 6.61 Å². The Bertz CT molecular complexity index is 1020. The van der Waals surface area contributed by atoms with Crippen LogP contribution in [0.1, 0.15) is 27.2 Å². The van der Waals surface area contributed by atoms with Crippen LogP contribution in [0.3, 0.4) is 0 Å². The van der Waals surface area contributed by atoms with Gasteiger partial charge < -0.3 is 4.74 Å². The molecule has 3 rings (SSSR count). The number of benzene rings is 1. The number of halogens is 3. The Morgan fingerprint density at radius 1 is 1.36 bits per heavy atom. The maximum absolute atomic E-state index is 13.7. The molecule has 2 heterocycles. The first-order valence-corrected chi connectivity index (χ1v) is 8.12. The van der Waals surface area contributed by atoms with Crippen molar-refractivity contribution in [2.24, 2.45) is 7.05 Å². The van der Waals surface area contributed by atoms with E-state index in [4.69, 9.17) is 4.74 Å². The molecule has 2 aromatic heterocycles. The first-order valence-electron chi connectivity index (χ1n) is 8.12. The fourth-order valence-corrected chi connectivity index (χ4v) is 2.79. The summed E-state index contributed by atoms with van der Waals surface area (Å²) in [5.74, 6) is -0.752. The SMILES string of the molecule is C=CCOc1c(C(=O)c2ccc(-n3cncn3)cc2C(F)(F)F)c(C)nn1C. The average Bonchev–Trinajstić information content (AvgIpc) is 3.26. The molecule has 0 amide bonds. The standard InChI is InChI=1S/C18H16F3N5O2/c1-4-7-28-17-15(11(2)24-25(17)3)16(27)13-6-5-12(26-10-22-9-23-26)8-14(13)18(19,20)21/h4-6,8-10H,1,7H2,2-3H3. The molecule has 0 fully saturated rings. The van der Waals surface area contributed by atoms with E-state index in [2.05, 4.69) is 21.8 Å². The largest absolute Gasteiger partial charge is 0.473 e. The van der Waals surface area contributed by atoms with Crippen molar-refractivity contribution in [3.63, 3.8) is 0 Å². The second-order valence-electron chi connectivity index (χ2n) is 5.89. The molecule has 0 N–H and O–H groups in total. The van der Waals surface area contributed by atoms with Crippen LogP contribution in [0.2, 0.25) is 0 Å². The van der Waals surface area contributed by atoms with Gasteiger partial charge in [-0.1, -0.05) is 12.7 Å². The topological polar surface area (TPSA) is 74.8 Å². The van der Waals surface area contributed by atoms with Gasteiger partial charge in [0.25, 0.3) is 0 Å². The number of alkyl halides is 3. The normalized spacial score (nSPS) is 11.5. The second-order valence-corrected chi connectivity index (χ2v) is 5.89. The summed E-state index contributed by atoms with van der Waals surface area (Å²) in [6, 6.07) is 3.34. The Morgan fingerprint density at radius 3 is 2.71 bits per heavy atom. The van der Waals surface area contributed by atoms with Gasteiger partial charge in [0, 0.05) is 12.6 Å². The molecule has 0 spiro atoms. The molecule has 0 saturated carbocycles. The predicted molar refractivity (Wildman–Crippen MR) is 93.4 cm³/mol. The molecular formula is C18H16F3N5O2. The first-order chi connectivity index (χ1) is 13.2. The van der Waals surface area contributed by atoms with E-state index in [0.717, 1.165) is 12.1 Å². The fraction of sp³-hybridized carbons (Fsp3) is 0.222. The third-order valence-corrected chi connectivity index (χ3v) is 3.97. The van der Waals surface area contributed by atoms with Gasteiger partial charge in [-0.15, -0.1) is 0 Å². The Balaban J connectivity index is 2.13. The Kier molecular flexibility index (Phi) is 5.04. The second kappa shape index (κ2) is 7.29. The molecule has 0 aliphatic rings. The minimum absolute atomic E-state index is 0.0247. The van der Waals surface area contributed by atoms with Gasteiger partial charge >= 0.3 is 6.18 Å². The monoisotopic (exact) mass is 391 g/mol. The van der Waals surface area contributed by atoms with Crippen LogP contribution in [0.5, 0.6) is 5.88 Å². The maximum atomic E-state index is 13.7. The van der Waals surface area contributed by atoms with Crippen LogP contribution < -0.4 is 4.74 Å². The molecular weight excluding hydrogens is 375 g/mol. The lowest BCUT2D eigenvalue weighted by atomic mass is 9.97. The van der Waals surface area contributed by atoms with Crippen molar-refractivity contribution in [3.05, 3.63) is 65.9 Å². The number of hydrogen-bond acceptors (Lipinski definition) is 5. The van der Waals surface area contributed by atoms with Gasteiger partial charge in [0.05, 0.1) is 16.9 Å². The zero-order chi connectivity index (χ0) is 20.5. The molecule has 1 aromatic carbocycles. The van der Waals surface area contributed by atoms with Crippen molar-refractivity contribution in [1.29, 1.82) is 0 Å². The van der Waals surface area contributed by atoms with E-state index in [-0.39, 0.29) is 29.4 Å². The Hall–Kier alpha value is -3.43. The Morgan fingerprint density at radius 2 is 2.11 bits per heavy atom. The Labute approximate surface area is 158 Å². The van der Waals surface area contributed by atoms with E-state index in [1.54, 1.807) is 7.05 Å². The molecule has 0 unspecified atom stereocenters. The summed E-state index contributed by atoms with van der Waals surface area (Å²) in [5, 5.41) is 7.91. The highest BCUT2D eigenvalue weighted by molar-refractivity contribution is 6.12. The van der Waals surface area contributed by atoms with Gasteiger partial charge in [-0.25, -0.2) is 14.3 Å². The summed E-state index contributed by atoms with van der Waals surface area (Å²) in [5.41, 5.74) is -1.21. The number of aromatic nitrogens is 5. The van der Waals surface area contributed by atoms with Crippen molar-refractivity contribution in [2.45, 2.75) is 13.1 Å². The molecule has 0 atom stereocenters. The summed E-state index contributed by atoms with van der Waals surface area (Å²) < 4.78 is 49.0. The van der Waals surface area contributed by atoms with Crippen molar-refractivity contribution < 1.29 is 22.7 Å². The van der Waals surface area contributed by atoms with Gasteiger partial charge in [0.15, 0.2) is 0 Å². The van der Waals surface area contributed by atoms with E-state index in [0.29, 0.717) is 0 Å². The van der Waals surface area contributed by atoms with Crippen LogP contribution in [-0.4, -0.2) is 36.9 Å². The lowest BCUT2D eigenvalue weighted by Gasteiger charge is -2.14. The maximum Gasteiger partial charge on any atom is 0.417 e. The number of hydrogen-bond donors (Lipinski definition) is 0. The van der Waals surface area contributed by atoms with Crippen LogP contribution in [0.15, 0.2) is 43.5 Å². The van der Waals surface area contributed by atoms with Gasteiger partial charge in [-0.05, 0) is 25.1 Å². The number of rotatable bonds is 6. The van der Waals surface area contributed by atoms with Gasteiger partial charge in [0.2, 0.25) is 11.7 Å². The highest BCUT2D eigenvalue weighted by Crippen LogP contribution is 2.36. The molecule has 28 heavy (non-hydrogen) atoms. The zero-order valence-electron chi connectivity index (χ0n) is 15.1. The van der Waals surface area contributed by atoms with Gasteiger partial charge in [-0.2, -0.15) is 23.4 Å². The molecule has 146 valence electrons. The molecule has 3 aromatic rings. The third-order valence-electron chi connectivity index (χ3n) is 3.97. The number of carbonyl (C=O) groups is 1. The number of carbonyl (C=O) groups excluding carboxylic acids is 1. The summed E-state index contributed by atoms with van der Waals surface area (Å²) in [6.07, 6.45) is -0.817. The molecule has 0 aliphatic carbocycles. The first kappa shape index (κ1) is 19.3. The van der Waals surface area contributed by atoms with Crippen LogP contribution in [0, 0.1) is 6.92 Å². The summed E-state index contributed by atoms with van der Waals surface area (Å²) in [7, 11) is 1.54. The lowest BCUT2D eigenvalue weighted by molar-refractivity contribution is -0.137. The van der Waals surface area contributed by atoms with Crippen LogP contribution in [0.25, 0.3) is 5.69 Å². The van der Waals surface area contributed by atoms with Crippen LogP contribution >= 0.6 is 0 Å². The van der Waals surface area contributed by atoms with Crippen molar-refractivity contribution >= 4 is 5.78 Å². The number of nitrogens with zero attached hydrogens (tertiary/aromatic N) is 5. The fourth-order valence-electron chi connectivity index (χ4n) is 2.79. The minimum Gasteiger partial charge on any atom is -0.473 e. The average molecular weight is 391 g/mol. The molecule has 0 bridgehead atoms. The molecule has 0 aliphatic heterocycles. The van der Waals surface area contributed by atoms with Crippen molar-refractivity contribution in [3.8, 4) is 11.6 Å². The summed E-state index contributed by atoms with van der Waals surface area (Å²) in [4.78, 5) is 16.8.